The van der Waals surface area contributed by atoms with Crippen molar-refractivity contribution in [1.29, 1.82) is 0 Å². The lowest BCUT2D eigenvalue weighted by molar-refractivity contribution is 0.173. The minimum atomic E-state index is -0.426. The third-order valence-corrected chi connectivity index (χ3v) is 3.12. The van der Waals surface area contributed by atoms with Crippen molar-refractivity contribution in [2.24, 2.45) is 0 Å². The van der Waals surface area contributed by atoms with Crippen molar-refractivity contribution >= 4 is 17.3 Å². The SMILES string of the molecule is O=c1[nH]ncc(NCc2cccc3c2OCO3)c1Cl. The summed E-state index contributed by atoms with van der Waals surface area (Å²) in [6.45, 7) is 0.678. The number of hydrogen-bond donors (Lipinski definition) is 2. The minimum absolute atomic E-state index is 0.0831. The van der Waals surface area contributed by atoms with Gasteiger partial charge >= 0.3 is 0 Å². The molecule has 0 spiro atoms. The number of ether oxygens (including phenoxy) is 2. The summed E-state index contributed by atoms with van der Waals surface area (Å²) in [6, 6.07) is 5.63. The largest absolute Gasteiger partial charge is 0.454 e. The number of anilines is 1. The monoisotopic (exact) mass is 279 g/mol. The van der Waals surface area contributed by atoms with Gasteiger partial charge in [-0.2, -0.15) is 5.10 Å². The molecule has 0 fully saturated rings. The summed E-state index contributed by atoms with van der Waals surface area (Å²) in [5, 5.41) is 9.08. The van der Waals surface area contributed by atoms with Gasteiger partial charge in [-0.3, -0.25) is 4.79 Å². The molecule has 2 aromatic rings. The molecule has 1 aliphatic heterocycles. The van der Waals surface area contributed by atoms with E-state index in [0.29, 0.717) is 18.0 Å². The highest BCUT2D eigenvalue weighted by Gasteiger charge is 2.17. The summed E-state index contributed by atoms with van der Waals surface area (Å²) in [7, 11) is 0. The van der Waals surface area contributed by atoms with E-state index in [4.69, 9.17) is 21.1 Å². The topological polar surface area (TPSA) is 76.2 Å². The van der Waals surface area contributed by atoms with Gasteiger partial charge in [-0.1, -0.05) is 23.7 Å². The van der Waals surface area contributed by atoms with Crippen LogP contribution in [0.15, 0.2) is 29.2 Å². The Morgan fingerprint density at radius 2 is 2.32 bits per heavy atom. The highest BCUT2D eigenvalue weighted by Crippen LogP contribution is 2.35. The lowest BCUT2D eigenvalue weighted by Crippen LogP contribution is -2.12. The number of fused-ring (bicyclic) bond motifs is 1. The molecule has 2 heterocycles. The predicted molar refractivity (Wildman–Crippen MR) is 69.8 cm³/mol. The molecule has 0 amide bonds. The molecule has 1 aromatic carbocycles. The first-order chi connectivity index (χ1) is 9.25. The quantitative estimate of drug-likeness (QED) is 0.895. The highest BCUT2D eigenvalue weighted by atomic mass is 35.5. The Morgan fingerprint density at radius 3 is 3.21 bits per heavy atom. The van der Waals surface area contributed by atoms with Crippen LogP contribution in [0.4, 0.5) is 5.69 Å². The number of nitrogens with one attached hydrogen (secondary N) is 2. The van der Waals surface area contributed by atoms with Crippen molar-refractivity contribution < 1.29 is 9.47 Å². The second-order valence-electron chi connectivity index (χ2n) is 3.93. The van der Waals surface area contributed by atoms with Gasteiger partial charge in [0.15, 0.2) is 11.5 Å². The van der Waals surface area contributed by atoms with Crippen LogP contribution < -0.4 is 20.3 Å². The molecule has 0 unspecified atom stereocenters. The number of halogens is 1. The molecule has 0 saturated heterocycles. The van der Waals surface area contributed by atoms with E-state index < -0.39 is 5.56 Å². The van der Waals surface area contributed by atoms with E-state index in [0.717, 1.165) is 11.3 Å². The highest BCUT2D eigenvalue weighted by molar-refractivity contribution is 6.32. The van der Waals surface area contributed by atoms with Gasteiger partial charge in [-0.15, -0.1) is 0 Å². The maximum absolute atomic E-state index is 11.3. The van der Waals surface area contributed by atoms with Crippen molar-refractivity contribution in [3.05, 3.63) is 45.3 Å². The van der Waals surface area contributed by atoms with Crippen LogP contribution in [0, 0.1) is 0 Å². The summed E-state index contributed by atoms with van der Waals surface area (Å²) in [5.74, 6) is 1.43. The molecule has 0 atom stereocenters. The first-order valence-electron chi connectivity index (χ1n) is 5.60. The smallest absolute Gasteiger partial charge is 0.285 e. The molecule has 0 bridgehead atoms. The number of aromatic amines is 1. The van der Waals surface area contributed by atoms with Gasteiger partial charge < -0.3 is 14.8 Å². The zero-order valence-corrected chi connectivity index (χ0v) is 10.5. The summed E-state index contributed by atoms with van der Waals surface area (Å²) >= 11 is 5.87. The van der Waals surface area contributed by atoms with Crippen LogP contribution in [-0.2, 0) is 6.54 Å². The van der Waals surface area contributed by atoms with Crippen LogP contribution in [0.1, 0.15) is 5.56 Å². The molecule has 19 heavy (non-hydrogen) atoms. The summed E-state index contributed by atoms with van der Waals surface area (Å²) in [4.78, 5) is 11.3. The average Bonchev–Trinajstić information content (AvgIpc) is 2.89. The molecule has 0 aliphatic carbocycles. The molecule has 1 aromatic heterocycles. The van der Waals surface area contributed by atoms with Crippen LogP contribution >= 0.6 is 11.6 Å². The van der Waals surface area contributed by atoms with E-state index in [1.54, 1.807) is 0 Å². The molecule has 1 aliphatic rings. The number of nitrogens with zero attached hydrogens (tertiary/aromatic N) is 1. The number of rotatable bonds is 3. The molecule has 6 nitrogen and oxygen atoms in total. The zero-order valence-electron chi connectivity index (χ0n) is 9.77. The summed E-state index contributed by atoms with van der Waals surface area (Å²) in [5.41, 5.74) is 0.970. The Labute approximate surface area is 113 Å². The molecule has 98 valence electrons. The first kappa shape index (κ1) is 11.9. The van der Waals surface area contributed by atoms with E-state index in [9.17, 15) is 4.79 Å². The fraction of sp³-hybridized carbons (Fsp3) is 0.167. The van der Waals surface area contributed by atoms with Gasteiger partial charge in [0, 0.05) is 12.1 Å². The third-order valence-electron chi connectivity index (χ3n) is 2.74. The van der Waals surface area contributed by atoms with Crippen molar-refractivity contribution in [2.75, 3.05) is 12.1 Å². The number of para-hydroxylation sites is 1. The van der Waals surface area contributed by atoms with Gasteiger partial charge in [0.2, 0.25) is 6.79 Å². The Bertz CT molecular complexity index is 672. The Hall–Kier alpha value is -2.21. The minimum Gasteiger partial charge on any atom is -0.454 e. The van der Waals surface area contributed by atoms with Gasteiger partial charge in [-0.05, 0) is 6.07 Å². The maximum atomic E-state index is 11.3. The normalized spacial score (nSPS) is 12.5. The summed E-state index contributed by atoms with van der Waals surface area (Å²) < 4.78 is 10.7. The lowest BCUT2D eigenvalue weighted by atomic mass is 10.2. The second-order valence-corrected chi connectivity index (χ2v) is 4.31. The van der Waals surface area contributed by atoms with E-state index in [-0.39, 0.29) is 11.8 Å². The standard InChI is InChI=1S/C12H10ClN3O3/c13-10-8(5-15-16-12(10)17)14-4-7-2-1-3-9-11(7)19-6-18-9/h1-3,5H,4,6H2,(H2,14,16,17). The van der Waals surface area contributed by atoms with Gasteiger partial charge in [-0.25, -0.2) is 5.10 Å². The van der Waals surface area contributed by atoms with Crippen molar-refractivity contribution in [3.63, 3.8) is 0 Å². The molecule has 0 saturated carbocycles. The fourth-order valence-corrected chi connectivity index (χ4v) is 1.98. The maximum Gasteiger partial charge on any atom is 0.285 e. The number of aromatic nitrogens is 2. The van der Waals surface area contributed by atoms with E-state index >= 15 is 0 Å². The van der Waals surface area contributed by atoms with Crippen LogP contribution in [0.3, 0.4) is 0 Å². The van der Waals surface area contributed by atoms with Gasteiger partial charge in [0.1, 0.15) is 5.02 Å². The fourth-order valence-electron chi connectivity index (χ4n) is 1.83. The number of benzene rings is 1. The third kappa shape index (κ3) is 2.22. The van der Waals surface area contributed by atoms with Crippen molar-refractivity contribution in [1.82, 2.24) is 10.2 Å². The van der Waals surface area contributed by atoms with E-state index in [1.807, 2.05) is 18.2 Å². The Morgan fingerprint density at radius 1 is 1.42 bits per heavy atom. The second kappa shape index (κ2) is 4.81. The van der Waals surface area contributed by atoms with Crippen LogP contribution in [-0.4, -0.2) is 17.0 Å². The van der Waals surface area contributed by atoms with Crippen molar-refractivity contribution in [2.45, 2.75) is 6.54 Å². The molecule has 2 N–H and O–H groups in total. The first-order valence-corrected chi connectivity index (χ1v) is 5.98. The molecular formula is C12H10ClN3O3. The molecule has 7 heteroatoms. The average molecular weight is 280 g/mol. The van der Waals surface area contributed by atoms with Gasteiger partial charge in [0.05, 0.1) is 11.9 Å². The van der Waals surface area contributed by atoms with Crippen molar-refractivity contribution in [3.8, 4) is 11.5 Å². The Balaban J connectivity index is 1.82. The van der Waals surface area contributed by atoms with E-state index in [2.05, 4.69) is 15.5 Å². The van der Waals surface area contributed by atoms with Gasteiger partial charge in [0.25, 0.3) is 5.56 Å². The predicted octanol–water partition coefficient (Wildman–Crippen LogP) is 1.76. The molecule has 3 rings (SSSR count). The van der Waals surface area contributed by atoms with Crippen LogP contribution in [0.5, 0.6) is 11.5 Å². The van der Waals surface area contributed by atoms with Crippen LogP contribution in [0.2, 0.25) is 5.02 Å². The number of hydrogen-bond acceptors (Lipinski definition) is 5. The van der Waals surface area contributed by atoms with Crippen LogP contribution in [0.25, 0.3) is 0 Å². The summed E-state index contributed by atoms with van der Waals surface area (Å²) in [6.07, 6.45) is 1.46. The number of H-pyrrole nitrogens is 1. The lowest BCUT2D eigenvalue weighted by Gasteiger charge is -2.09. The van der Waals surface area contributed by atoms with E-state index in [1.165, 1.54) is 6.20 Å². The molecular weight excluding hydrogens is 270 g/mol. The molecule has 0 radical (unpaired) electrons. The Kier molecular flexibility index (Phi) is 3.00. The zero-order chi connectivity index (χ0) is 13.2.